The van der Waals surface area contributed by atoms with Crippen molar-refractivity contribution < 1.29 is 27.8 Å². The van der Waals surface area contributed by atoms with Crippen molar-refractivity contribution in [2.24, 2.45) is 0 Å². The molecule has 3 rings (SSSR count). The molecule has 3 aromatic rings. The lowest BCUT2D eigenvalue weighted by Gasteiger charge is -2.15. The van der Waals surface area contributed by atoms with Gasteiger partial charge in [0, 0.05) is 17.1 Å². The topological polar surface area (TPSA) is 77.2 Å². The van der Waals surface area contributed by atoms with Crippen LogP contribution in [0, 0.1) is 0 Å². The SMILES string of the molecule is CCOc1ccc(-c2nc(Cl)nc3c2ccn3CC(=O)O)cc1C(F)(F)F. The van der Waals surface area contributed by atoms with Crippen LogP contribution in [0.25, 0.3) is 22.3 Å². The first kappa shape index (κ1) is 19.0. The Kier molecular flexibility index (Phi) is 4.97. The first-order chi connectivity index (χ1) is 12.7. The van der Waals surface area contributed by atoms with Crippen LogP contribution < -0.4 is 4.74 Å². The number of halogens is 4. The fourth-order valence-electron chi connectivity index (χ4n) is 2.71. The van der Waals surface area contributed by atoms with E-state index in [2.05, 4.69) is 9.97 Å². The molecule has 2 heterocycles. The van der Waals surface area contributed by atoms with Crippen LogP contribution in [-0.2, 0) is 17.5 Å². The molecule has 0 fully saturated rings. The van der Waals surface area contributed by atoms with Crippen molar-refractivity contribution in [2.75, 3.05) is 6.61 Å². The number of carboxylic acids is 1. The predicted molar refractivity (Wildman–Crippen MR) is 91.8 cm³/mol. The lowest BCUT2D eigenvalue weighted by molar-refractivity contribution is -0.139. The predicted octanol–water partition coefficient (Wildman–Crippen LogP) is 4.25. The Bertz CT molecular complexity index is 1020. The van der Waals surface area contributed by atoms with E-state index in [-0.39, 0.29) is 41.1 Å². The largest absolute Gasteiger partial charge is 0.493 e. The molecule has 0 aliphatic carbocycles. The normalized spacial score (nSPS) is 11.7. The van der Waals surface area contributed by atoms with Gasteiger partial charge in [0.05, 0.1) is 17.9 Å². The minimum atomic E-state index is -4.62. The van der Waals surface area contributed by atoms with Crippen LogP contribution in [0.1, 0.15) is 12.5 Å². The van der Waals surface area contributed by atoms with Crippen LogP contribution in [0.3, 0.4) is 0 Å². The molecule has 0 aliphatic rings. The number of carbonyl (C=O) groups is 1. The maximum Gasteiger partial charge on any atom is 0.419 e. The molecule has 0 aliphatic heterocycles. The second-order valence-electron chi connectivity index (χ2n) is 5.56. The first-order valence-electron chi connectivity index (χ1n) is 7.79. The Morgan fingerprint density at radius 2 is 2.04 bits per heavy atom. The van der Waals surface area contributed by atoms with Crippen molar-refractivity contribution in [3.05, 3.63) is 41.3 Å². The average molecular weight is 400 g/mol. The zero-order valence-electron chi connectivity index (χ0n) is 13.9. The lowest BCUT2D eigenvalue weighted by Crippen LogP contribution is -2.09. The Labute approximate surface area is 156 Å². The minimum absolute atomic E-state index is 0.0873. The van der Waals surface area contributed by atoms with E-state index in [0.29, 0.717) is 5.39 Å². The van der Waals surface area contributed by atoms with Crippen LogP contribution in [0.5, 0.6) is 5.75 Å². The van der Waals surface area contributed by atoms with Gasteiger partial charge in [0.1, 0.15) is 17.9 Å². The highest BCUT2D eigenvalue weighted by atomic mass is 35.5. The van der Waals surface area contributed by atoms with Crippen LogP contribution in [0.15, 0.2) is 30.5 Å². The number of carboxylic acid groups (broad SMARTS) is 1. The fraction of sp³-hybridized carbons (Fsp3) is 0.235. The summed E-state index contributed by atoms with van der Waals surface area (Å²) in [5.41, 5.74) is -0.389. The number of aliphatic carboxylic acids is 1. The summed E-state index contributed by atoms with van der Waals surface area (Å²) < 4.78 is 46.6. The van der Waals surface area contributed by atoms with Gasteiger partial charge in [-0.15, -0.1) is 0 Å². The van der Waals surface area contributed by atoms with E-state index < -0.39 is 17.7 Å². The molecule has 0 bridgehead atoms. The molecule has 142 valence electrons. The van der Waals surface area contributed by atoms with E-state index in [1.165, 1.54) is 29.0 Å². The summed E-state index contributed by atoms with van der Waals surface area (Å²) in [6.45, 7) is 1.31. The molecular weight excluding hydrogens is 387 g/mol. The second kappa shape index (κ2) is 7.07. The molecule has 0 unspecified atom stereocenters. The number of alkyl halides is 3. The van der Waals surface area contributed by atoms with Crippen LogP contribution in [-0.4, -0.2) is 32.2 Å². The Hall–Kier alpha value is -2.81. The Morgan fingerprint density at radius 3 is 2.67 bits per heavy atom. The zero-order chi connectivity index (χ0) is 19.8. The van der Waals surface area contributed by atoms with Crippen LogP contribution >= 0.6 is 11.6 Å². The van der Waals surface area contributed by atoms with E-state index in [4.69, 9.17) is 21.4 Å². The van der Waals surface area contributed by atoms with Crippen molar-refractivity contribution in [3.63, 3.8) is 0 Å². The molecule has 0 atom stereocenters. The van der Waals surface area contributed by atoms with Gasteiger partial charge in [0.2, 0.25) is 5.28 Å². The number of nitrogens with zero attached hydrogens (tertiary/aromatic N) is 3. The Morgan fingerprint density at radius 1 is 1.30 bits per heavy atom. The Balaban J connectivity index is 2.20. The maximum absolute atomic E-state index is 13.4. The molecule has 0 amide bonds. The number of aromatic nitrogens is 3. The summed E-state index contributed by atoms with van der Waals surface area (Å²) in [4.78, 5) is 19.0. The van der Waals surface area contributed by atoms with Gasteiger partial charge in [-0.3, -0.25) is 4.79 Å². The van der Waals surface area contributed by atoms with Gasteiger partial charge in [-0.1, -0.05) is 0 Å². The molecule has 1 N–H and O–H groups in total. The first-order valence-corrected chi connectivity index (χ1v) is 8.17. The van der Waals surface area contributed by atoms with E-state index in [1.54, 1.807) is 6.92 Å². The van der Waals surface area contributed by atoms with Gasteiger partial charge in [0.15, 0.2) is 0 Å². The standard InChI is InChI=1S/C17H13ClF3N3O3/c1-2-27-12-4-3-9(7-11(12)17(19,20)21)14-10-5-6-24(8-13(25)26)15(10)23-16(18)22-14/h3-7H,2,8H2,1H3,(H,25,26). The van der Waals surface area contributed by atoms with Gasteiger partial charge >= 0.3 is 12.1 Å². The third-order valence-electron chi connectivity index (χ3n) is 3.76. The lowest BCUT2D eigenvalue weighted by atomic mass is 10.0. The van der Waals surface area contributed by atoms with Crippen LogP contribution in [0.2, 0.25) is 5.28 Å². The molecule has 27 heavy (non-hydrogen) atoms. The fourth-order valence-corrected chi connectivity index (χ4v) is 2.88. The zero-order valence-corrected chi connectivity index (χ0v) is 14.7. The summed E-state index contributed by atoms with van der Waals surface area (Å²) >= 11 is 5.92. The summed E-state index contributed by atoms with van der Waals surface area (Å²) in [7, 11) is 0. The third-order valence-corrected chi connectivity index (χ3v) is 3.92. The molecular formula is C17H13ClF3N3O3. The highest BCUT2D eigenvalue weighted by Gasteiger charge is 2.35. The smallest absolute Gasteiger partial charge is 0.419 e. The third kappa shape index (κ3) is 3.82. The maximum atomic E-state index is 13.4. The van der Waals surface area contributed by atoms with Crippen LogP contribution in [0.4, 0.5) is 13.2 Å². The molecule has 1 aromatic carbocycles. The van der Waals surface area contributed by atoms with Crippen molar-refractivity contribution >= 4 is 28.6 Å². The van der Waals surface area contributed by atoms with Crippen molar-refractivity contribution in [1.82, 2.24) is 14.5 Å². The number of fused-ring (bicyclic) bond motifs is 1. The highest BCUT2D eigenvalue weighted by molar-refractivity contribution is 6.28. The molecule has 0 saturated carbocycles. The summed E-state index contributed by atoms with van der Waals surface area (Å²) in [6.07, 6.45) is -3.15. The van der Waals surface area contributed by atoms with Gasteiger partial charge in [-0.25, -0.2) is 4.98 Å². The van der Waals surface area contributed by atoms with E-state index in [1.807, 2.05) is 0 Å². The monoisotopic (exact) mass is 399 g/mol. The quantitative estimate of drug-likeness (QED) is 0.649. The highest BCUT2D eigenvalue weighted by Crippen LogP contribution is 2.39. The number of benzene rings is 1. The van der Waals surface area contributed by atoms with Gasteiger partial charge in [-0.2, -0.15) is 18.2 Å². The van der Waals surface area contributed by atoms with Crippen molar-refractivity contribution in [1.29, 1.82) is 0 Å². The summed E-state index contributed by atoms with van der Waals surface area (Å²) in [5, 5.41) is 9.15. The number of ether oxygens (including phenoxy) is 1. The van der Waals surface area contributed by atoms with E-state index in [9.17, 15) is 18.0 Å². The summed E-state index contributed by atoms with van der Waals surface area (Å²) in [5.74, 6) is -1.38. The van der Waals surface area contributed by atoms with E-state index in [0.717, 1.165) is 6.07 Å². The average Bonchev–Trinajstić information content (AvgIpc) is 2.96. The van der Waals surface area contributed by atoms with Gasteiger partial charge in [0.25, 0.3) is 0 Å². The second-order valence-corrected chi connectivity index (χ2v) is 5.90. The molecule has 0 spiro atoms. The number of hydrogen-bond donors (Lipinski definition) is 1. The molecule has 2 aromatic heterocycles. The summed E-state index contributed by atoms with van der Waals surface area (Å²) in [6, 6.07) is 5.12. The molecule has 0 saturated heterocycles. The molecule has 10 heteroatoms. The van der Waals surface area contributed by atoms with Crippen molar-refractivity contribution in [3.8, 4) is 17.0 Å². The number of hydrogen-bond acceptors (Lipinski definition) is 4. The van der Waals surface area contributed by atoms with Gasteiger partial charge < -0.3 is 14.4 Å². The van der Waals surface area contributed by atoms with Gasteiger partial charge in [-0.05, 0) is 42.8 Å². The molecule has 6 nitrogen and oxygen atoms in total. The number of rotatable bonds is 5. The van der Waals surface area contributed by atoms with Crippen molar-refractivity contribution in [2.45, 2.75) is 19.6 Å². The van der Waals surface area contributed by atoms with E-state index >= 15 is 0 Å². The minimum Gasteiger partial charge on any atom is -0.493 e. The molecule has 0 radical (unpaired) electrons.